The molecule has 0 saturated carbocycles. The first-order valence-corrected chi connectivity index (χ1v) is 8.40. The Morgan fingerprint density at radius 2 is 2.32 bits per heavy atom. The molecular weight excluding hydrogens is 318 g/mol. The van der Waals surface area contributed by atoms with Gasteiger partial charge in [0.2, 0.25) is 0 Å². The van der Waals surface area contributed by atoms with Crippen molar-refractivity contribution in [3.8, 4) is 11.5 Å². The molecule has 0 radical (unpaired) electrons. The fourth-order valence-electron chi connectivity index (χ4n) is 3.29. The number of nitrogens with zero attached hydrogens (tertiary/aromatic N) is 4. The molecule has 0 spiro atoms. The Hall–Kier alpha value is -2.80. The van der Waals surface area contributed by atoms with Crippen molar-refractivity contribution >= 4 is 0 Å². The number of likely N-dealkylation sites (tertiary alicyclic amines) is 1. The maximum Gasteiger partial charge on any atom is 0.251 e. The average Bonchev–Trinajstić information content (AvgIpc) is 3.15. The van der Waals surface area contributed by atoms with E-state index in [0.717, 1.165) is 43.9 Å². The number of aromatic amines is 1. The molecule has 1 saturated heterocycles. The molecule has 0 amide bonds. The molecule has 1 aliphatic rings. The minimum Gasteiger partial charge on any atom is -0.468 e. The molecule has 1 N–H and O–H groups in total. The van der Waals surface area contributed by atoms with Crippen LogP contribution in [0.25, 0.3) is 11.5 Å². The second-order valence-corrected chi connectivity index (χ2v) is 6.26. The highest BCUT2D eigenvalue weighted by Gasteiger charge is 2.24. The minimum atomic E-state index is -0.159. The molecule has 1 fully saturated rings. The average molecular weight is 337 g/mol. The van der Waals surface area contributed by atoms with Gasteiger partial charge in [-0.3, -0.25) is 14.7 Å². The monoisotopic (exact) mass is 337 g/mol. The number of hydrogen-bond donors (Lipinski definition) is 1. The van der Waals surface area contributed by atoms with Crippen molar-refractivity contribution in [2.24, 2.45) is 0 Å². The number of rotatable bonds is 4. The van der Waals surface area contributed by atoms with Crippen LogP contribution in [0.4, 0.5) is 0 Å². The summed E-state index contributed by atoms with van der Waals surface area (Å²) in [6.45, 7) is 2.66. The van der Waals surface area contributed by atoms with E-state index in [4.69, 9.17) is 4.42 Å². The first-order valence-electron chi connectivity index (χ1n) is 8.40. The fraction of sp³-hybridized carbons (Fsp3) is 0.333. The van der Waals surface area contributed by atoms with E-state index in [0.29, 0.717) is 11.5 Å². The van der Waals surface area contributed by atoms with Gasteiger partial charge in [0.1, 0.15) is 11.5 Å². The molecule has 4 rings (SSSR count). The van der Waals surface area contributed by atoms with Crippen molar-refractivity contribution in [3.63, 3.8) is 0 Å². The van der Waals surface area contributed by atoms with Crippen LogP contribution >= 0.6 is 0 Å². The van der Waals surface area contributed by atoms with Crippen LogP contribution in [-0.2, 0) is 6.54 Å². The van der Waals surface area contributed by atoms with Crippen LogP contribution in [0.2, 0.25) is 0 Å². The number of hydrogen-bond acceptors (Lipinski definition) is 6. The summed E-state index contributed by atoms with van der Waals surface area (Å²) in [5.74, 6) is 1.65. The standard InChI is InChI=1S/C18H19N5O2/c24-17-9-15(21-18(22-17)16-10-19-5-6-20-16)13-3-1-7-23(11-13)12-14-4-2-8-25-14/h2,4-6,8-10,13H,1,3,7,11-12H2,(H,21,22,24). The third-order valence-corrected chi connectivity index (χ3v) is 4.45. The van der Waals surface area contributed by atoms with Crippen LogP contribution in [0.1, 0.15) is 30.2 Å². The molecule has 1 aliphatic heterocycles. The van der Waals surface area contributed by atoms with E-state index in [-0.39, 0.29) is 11.5 Å². The zero-order valence-corrected chi connectivity index (χ0v) is 13.8. The van der Waals surface area contributed by atoms with Gasteiger partial charge >= 0.3 is 0 Å². The molecule has 1 atom stereocenters. The van der Waals surface area contributed by atoms with E-state index < -0.39 is 0 Å². The van der Waals surface area contributed by atoms with Gasteiger partial charge in [0.05, 0.1) is 24.7 Å². The van der Waals surface area contributed by atoms with Crippen molar-refractivity contribution in [3.05, 3.63) is 64.9 Å². The maximum absolute atomic E-state index is 12.1. The van der Waals surface area contributed by atoms with Gasteiger partial charge in [0.25, 0.3) is 5.56 Å². The van der Waals surface area contributed by atoms with Crippen molar-refractivity contribution < 1.29 is 4.42 Å². The maximum atomic E-state index is 12.1. The lowest BCUT2D eigenvalue weighted by atomic mass is 9.94. The first-order chi connectivity index (χ1) is 12.3. The number of H-pyrrole nitrogens is 1. The molecule has 7 heteroatoms. The number of piperidine rings is 1. The SMILES string of the molecule is O=c1cc(C2CCCN(Cc3ccco3)C2)nc(-c2cnccn2)[nH]1. The van der Waals surface area contributed by atoms with Crippen LogP contribution in [-0.4, -0.2) is 37.9 Å². The van der Waals surface area contributed by atoms with Crippen LogP contribution in [0.3, 0.4) is 0 Å². The predicted molar refractivity (Wildman–Crippen MR) is 91.8 cm³/mol. The van der Waals surface area contributed by atoms with Crippen LogP contribution in [0.15, 0.2) is 52.3 Å². The highest BCUT2D eigenvalue weighted by Crippen LogP contribution is 2.26. The Balaban J connectivity index is 1.56. The molecule has 4 heterocycles. The molecule has 0 bridgehead atoms. The summed E-state index contributed by atoms with van der Waals surface area (Å²) in [6.07, 6.45) is 8.58. The van der Waals surface area contributed by atoms with Gasteiger partial charge in [-0.15, -0.1) is 0 Å². The topological polar surface area (TPSA) is 87.9 Å². The van der Waals surface area contributed by atoms with E-state index in [1.54, 1.807) is 30.9 Å². The summed E-state index contributed by atoms with van der Waals surface area (Å²) in [4.78, 5) is 30.1. The van der Waals surface area contributed by atoms with Crippen LogP contribution in [0, 0.1) is 0 Å². The zero-order valence-electron chi connectivity index (χ0n) is 13.8. The summed E-state index contributed by atoms with van der Waals surface area (Å²) in [7, 11) is 0. The normalized spacial score (nSPS) is 18.3. The largest absolute Gasteiger partial charge is 0.468 e. The summed E-state index contributed by atoms with van der Waals surface area (Å²) in [6, 6.07) is 5.49. The van der Waals surface area contributed by atoms with Crippen LogP contribution in [0.5, 0.6) is 0 Å². The highest BCUT2D eigenvalue weighted by atomic mass is 16.3. The smallest absolute Gasteiger partial charge is 0.251 e. The lowest BCUT2D eigenvalue weighted by molar-refractivity contribution is 0.185. The van der Waals surface area contributed by atoms with Crippen LogP contribution < -0.4 is 5.56 Å². The van der Waals surface area contributed by atoms with E-state index >= 15 is 0 Å². The number of aromatic nitrogens is 4. The van der Waals surface area contributed by atoms with Gasteiger partial charge in [0, 0.05) is 30.9 Å². The molecule has 7 nitrogen and oxygen atoms in total. The number of nitrogens with one attached hydrogen (secondary N) is 1. The van der Waals surface area contributed by atoms with Crippen molar-refractivity contribution in [1.82, 2.24) is 24.8 Å². The van der Waals surface area contributed by atoms with E-state index in [1.807, 2.05) is 12.1 Å². The Kier molecular flexibility index (Phi) is 4.39. The Morgan fingerprint density at radius 1 is 1.36 bits per heavy atom. The van der Waals surface area contributed by atoms with Gasteiger partial charge in [-0.25, -0.2) is 9.97 Å². The van der Waals surface area contributed by atoms with E-state index in [2.05, 4.69) is 24.8 Å². The predicted octanol–water partition coefficient (Wildman–Crippen LogP) is 2.20. The summed E-state index contributed by atoms with van der Waals surface area (Å²) >= 11 is 0. The zero-order chi connectivity index (χ0) is 17.1. The molecule has 128 valence electrons. The molecule has 1 unspecified atom stereocenters. The van der Waals surface area contributed by atoms with Crippen molar-refractivity contribution in [2.75, 3.05) is 13.1 Å². The Labute approximate surface area is 144 Å². The summed E-state index contributed by atoms with van der Waals surface area (Å²) < 4.78 is 5.45. The highest BCUT2D eigenvalue weighted by molar-refractivity contribution is 5.46. The molecule has 0 aromatic carbocycles. The second kappa shape index (κ2) is 6.98. The lowest BCUT2D eigenvalue weighted by Gasteiger charge is -2.31. The van der Waals surface area contributed by atoms with Gasteiger partial charge in [-0.2, -0.15) is 0 Å². The quantitative estimate of drug-likeness (QED) is 0.785. The lowest BCUT2D eigenvalue weighted by Crippen LogP contribution is -2.34. The molecule has 3 aromatic heterocycles. The molecule has 0 aliphatic carbocycles. The summed E-state index contributed by atoms with van der Waals surface area (Å²) in [5.41, 5.74) is 1.23. The van der Waals surface area contributed by atoms with Crippen molar-refractivity contribution in [1.29, 1.82) is 0 Å². The van der Waals surface area contributed by atoms with Gasteiger partial charge in [0.15, 0.2) is 5.82 Å². The number of furan rings is 1. The minimum absolute atomic E-state index is 0.159. The van der Waals surface area contributed by atoms with E-state index in [1.165, 1.54) is 0 Å². The Bertz CT molecular complexity index is 876. The summed E-state index contributed by atoms with van der Waals surface area (Å²) in [5, 5.41) is 0. The third-order valence-electron chi connectivity index (χ3n) is 4.45. The van der Waals surface area contributed by atoms with Gasteiger partial charge < -0.3 is 9.40 Å². The third kappa shape index (κ3) is 3.66. The van der Waals surface area contributed by atoms with E-state index in [9.17, 15) is 4.79 Å². The first kappa shape index (κ1) is 15.7. The Morgan fingerprint density at radius 3 is 3.12 bits per heavy atom. The van der Waals surface area contributed by atoms with Crippen molar-refractivity contribution in [2.45, 2.75) is 25.3 Å². The molecular formula is C18H19N5O2. The molecule has 25 heavy (non-hydrogen) atoms. The fourth-order valence-corrected chi connectivity index (χ4v) is 3.29. The second-order valence-electron chi connectivity index (χ2n) is 6.26. The van der Waals surface area contributed by atoms with Gasteiger partial charge in [-0.05, 0) is 31.5 Å². The molecule has 3 aromatic rings. The van der Waals surface area contributed by atoms with Gasteiger partial charge in [-0.1, -0.05) is 0 Å².